The van der Waals surface area contributed by atoms with E-state index in [0.717, 1.165) is 38.8 Å². The molecule has 1 amide bonds. The molecule has 2 aliphatic rings. The molecule has 0 aromatic heterocycles. The van der Waals surface area contributed by atoms with Crippen LogP contribution in [0.5, 0.6) is 0 Å². The molecule has 0 aromatic rings. The van der Waals surface area contributed by atoms with Crippen molar-refractivity contribution in [3.8, 4) is 0 Å². The second-order valence-corrected chi connectivity index (χ2v) is 5.93. The van der Waals surface area contributed by atoms with Crippen LogP contribution in [0.1, 0.15) is 25.7 Å². The van der Waals surface area contributed by atoms with Gasteiger partial charge in [0.05, 0.1) is 5.92 Å². The fraction of sp³-hybridized carbons (Fsp3) is 0.909. The summed E-state index contributed by atoms with van der Waals surface area (Å²) in [6.07, 6.45) is 3.45. The first-order valence-corrected chi connectivity index (χ1v) is 7.55. The van der Waals surface area contributed by atoms with Crippen LogP contribution < -0.4 is 10.6 Å². The van der Waals surface area contributed by atoms with Gasteiger partial charge in [-0.15, -0.1) is 0 Å². The van der Waals surface area contributed by atoms with E-state index >= 15 is 0 Å². The Morgan fingerprint density at radius 2 is 2.06 bits per heavy atom. The molecule has 0 saturated carbocycles. The highest BCUT2D eigenvalue weighted by molar-refractivity contribution is 7.76. The molecule has 0 radical (unpaired) electrons. The normalized spacial score (nSPS) is 28.8. The summed E-state index contributed by atoms with van der Waals surface area (Å²) in [5, 5.41) is 6.29. The van der Waals surface area contributed by atoms with Gasteiger partial charge in [0.1, 0.15) is 0 Å². The van der Waals surface area contributed by atoms with Crippen molar-refractivity contribution in [1.82, 2.24) is 14.9 Å². The number of hydrogen-bond acceptors (Lipinski definition) is 4. The summed E-state index contributed by atoms with van der Waals surface area (Å²) in [7, 11) is 0. The molecular weight excluding hydrogens is 254 g/mol. The number of piperidine rings is 2. The fourth-order valence-corrected chi connectivity index (χ4v) is 3.16. The van der Waals surface area contributed by atoms with Crippen molar-refractivity contribution in [1.29, 1.82) is 0 Å². The quantitative estimate of drug-likeness (QED) is 0.671. The molecular formula is C11H20N3O3S-. The van der Waals surface area contributed by atoms with E-state index < -0.39 is 11.3 Å². The zero-order chi connectivity index (χ0) is 13.0. The van der Waals surface area contributed by atoms with Crippen molar-refractivity contribution in [2.75, 3.05) is 26.2 Å². The summed E-state index contributed by atoms with van der Waals surface area (Å²) in [6, 6.07) is 0.242. The van der Waals surface area contributed by atoms with Gasteiger partial charge in [0, 0.05) is 30.4 Å². The number of carbonyl (C=O) groups is 1. The Hall–Kier alpha value is -0.500. The van der Waals surface area contributed by atoms with E-state index in [0.29, 0.717) is 13.1 Å². The van der Waals surface area contributed by atoms with Crippen molar-refractivity contribution < 1.29 is 13.6 Å². The molecule has 104 valence electrons. The lowest BCUT2D eigenvalue weighted by molar-refractivity contribution is -0.127. The first kappa shape index (κ1) is 13.9. The molecule has 0 bridgehead atoms. The molecule has 2 atom stereocenters. The van der Waals surface area contributed by atoms with Gasteiger partial charge in [-0.3, -0.25) is 9.00 Å². The van der Waals surface area contributed by atoms with Crippen LogP contribution in [0.25, 0.3) is 0 Å². The van der Waals surface area contributed by atoms with Crippen molar-refractivity contribution in [3.63, 3.8) is 0 Å². The van der Waals surface area contributed by atoms with Crippen molar-refractivity contribution in [2.24, 2.45) is 5.92 Å². The molecule has 2 N–H and O–H groups in total. The Kier molecular flexibility index (Phi) is 5.11. The van der Waals surface area contributed by atoms with Gasteiger partial charge in [0.15, 0.2) is 0 Å². The first-order chi connectivity index (χ1) is 8.66. The van der Waals surface area contributed by atoms with E-state index in [1.165, 1.54) is 4.31 Å². The van der Waals surface area contributed by atoms with Gasteiger partial charge in [-0.05, 0) is 38.8 Å². The minimum atomic E-state index is -2.20. The Balaban J connectivity index is 1.82. The number of nitrogens with one attached hydrogen (secondary N) is 2. The minimum absolute atomic E-state index is 0.0112. The number of nitrogens with zero attached hydrogens (tertiary/aromatic N) is 1. The Bertz CT molecular complexity index is 321. The summed E-state index contributed by atoms with van der Waals surface area (Å²) in [4.78, 5) is 12.1. The lowest BCUT2D eigenvalue weighted by atomic mass is 9.97. The first-order valence-electron chi connectivity index (χ1n) is 6.52. The molecule has 2 saturated heterocycles. The third-order valence-corrected chi connectivity index (χ3v) is 4.40. The maximum absolute atomic E-state index is 12.1. The number of rotatable bonds is 3. The predicted octanol–water partition coefficient (Wildman–Crippen LogP) is -0.639. The highest BCUT2D eigenvalue weighted by Gasteiger charge is 2.27. The van der Waals surface area contributed by atoms with Crippen LogP contribution in [-0.4, -0.2) is 51.2 Å². The molecule has 2 aliphatic heterocycles. The topological polar surface area (TPSA) is 84.5 Å². The van der Waals surface area contributed by atoms with Gasteiger partial charge in [0.25, 0.3) is 0 Å². The highest BCUT2D eigenvalue weighted by Crippen LogP contribution is 2.18. The number of carbonyl (C=O) groups excluding carboxylic acids is 1. The second kappa shape index (κ2) is 6.60. The van der Waals surface area contributed by atoms with Gasteiger partial charge in [-0.2, -0.15) is 0 Å². The zero-order valence-electron chi connectivity index (χ0n) is 10.4. The molecule has 18 heavy (non-hydrogen) atoms. The van der Waals surface area contributed by atoms with Crippen LogP contribution in [0.4, 0.5) is 0 Å². The summed E-state index contributed by atoms with van der Waals surface area (Å²) in [5.74, 6) is -0.177. The third kappa shape index (κ3) is 3.74. The average molecular weight is 274 g/mol. The lowest BCUT2D eigenvalue weighted by Crippen LogP contribution is -2.48. The Labute approximate surface area is 110 Å². The monoisotopic (exact) mass is 274 g/mol. The molecule has 2 fully saturated rings. The SMILES string of the molecule is O=C(NC1CCNCC1)C1CCCN(S(=O)[O-])C1. The zero-order valence-corrected chi connectivity index (χ0v) is 11.2. The highest BCUT2D eigenvalue weighted by atomic mass is 32.2. The van der Waals surface area contributed by atoms with Crippen LogP contribution in [0.2, 0.25) is 0 Å². The van der Waals surface area contributed by atoms with Crippen LogP contribution >= 0.6 is 0 Å². The van der Waals surface area contributed by atoms with E-state index in [1.807, 2.05) is 0 Å². The number of amides is 1. The Morgan fingerprint density at radius 1 is 1.33 bits per heavy atom. The minimum Gasteiger partial charge on any atom is -0.760 e. The van der Waals surface area contributed by atoms with E-state index in [1.54, 1.807) is 0 Å². The van der Waals surface area contributed by atoms with Crippen molar-refractivity contribution >= 4 is 17.2 Å². The molecule has 6 nitrogen and oxygen atoms in total. The van der Waals surface area contributed by atoms with Crippen LogP contribution in [-0.2, 0) is 16.1 Å². The number of hydrogen-bond donors (Lipinski definition) is 2. The van der Waals surface area contributed by atoms with E-state index in [9.17, 15) is 13.6 Å². The van der Waals surface area contributed by atoms with Crippen molar-refractivity contribution in [3.05, 3.63) is 0 Å². The summed E-state index contributed by atoms with van der Waals surface area (Å²) >= 11 is -2.20. The van der Waals surface area contributed by atoms with E-state index in [4.69, 9.17) is 0 Å². The molecule has 2 rings (SSSR count). The molecule has 0 spiro atoms. The van der Waals surface area contributed by atoms with Gasteiger partial charge in [0.2, 0.25) is 5.91 Å². The molecule has 2 unspecified atom stereocenters. The molecule has 0 aromatic carbocycles. The van der Waals surface area contributed by atoms with Crippen LogP contribution in [0, 0.1) is 5.92 Å². The summed E-state index contributed by atoms with van der Waals surface area (Å²) in [5.41, 5.74) is 0. The summed E-state index contributed by atoms with van der Waals surface area (Å²) in [6.45, 7) is 2.73. The van der Waals surface area contributed by atoms with Crippen LogP contribution in [0.3, 0.4) is 0 Å². The van der Waals surface area contributed by atoms with Crippen molar-refractivity contribution in [2.45, 2.75) is 31.7 Å². The standard InChI is InChI=1S/C11H21N3O3S/c15-11(13-10-3-5-12-6-4-10)9-2-1-7-14(8-9)18(16)17/h9-10,12H,1-8H2,(H,13,15)(H,16,17)/p-1. The Morgan fingerprint density at radius 3 is 2.72 bits per heavy atom. The lowest BCUT2D eigenvalue weighted by Gasteiger charge is -2.34. The summed E-state index contributed by atoms with van der Waals surface area (Å²) < 4.78 is 23.1. The van der Waals surface area contributed by atoms with E-state index in [-0.39, 0.29) is 17.9 Å². The maximum Gasteiger partial charge on any atom is 0.224 e. The predicted molar refractivity (Wildman–Crippen MR) is 67.3 cm³/mol. The van der Waals surface area contributed by atoms with Crippen LogP contribution in [0.15, 0.2) is 0 Å². The van der Waals surface area contributed by atoms with Gasteiger partial charge in [-0.1, -0.05) is 0 Å². The third-order valence-electron chi connectivity index (χ3n) is 3.65. The smallest absolute Gasteiger partial charge is 0.224 e. The van der Waals surface area contributed by atoms with Gasteiger partial charge >= 0.3 is 0 Å². The maximum atomic E-state index is 12.1. The molecule has 2 heterocycles. The molecule has 7 heteroatoms. The fourth-order valence-electron chi connectivity index (χ4n) is 2.58. The molecule has 0 aliphatic carbocycles. The van der Waals surface area contributed by atoms with E-state index in [2.05, 4.69) is 10.6 Å². The average Bonchev–Trinajstić information content (AvgIpc) is 2.40. The van der Waals surface area contributed by atoms with Gasteiger partial charge in [-0.25, -0.2) is 4.31 Å². The largest absolute Gasteiger partial charge is 0.760 e. The van der Waals surface area contributed by atoms with Gasteiger partial charge < -0.3 is 15.2 Å². The second-order valence-electron chi connectivity index (χ2n) is 4.98.